The molecule has 0 aromatic heterocycles. The van der Waals surface area contributed by atoms with E-state index in [0.717, 1.165) is 6.42 Å². The van der Waals surface area contributed by atoms with E-state index in [4.69, 9.17) is 15.2 Å². The number of amides is 1. The van der Waals surface area contributed by atoms with Crippen molar-refractivity contribution < 1.29 is 14.3 Å². The van der Waals surface area contributed by atoms with Crippen LogP contribution in [0.2, 0.25) is 0 Å². The van der Waals surface area contributed by atoms with Crippen LogP contribution in [-0.2, 0) is 4.74 Å². The first-order chi connectivity index (χ1) is 10.3. The molecule has 1 aliphatic rings. The van der Waals surface area contributed by atoms with E-state index in [2.05, 4.69) is 11.8 Å². The molecule has 0 saturated carbocycles. The van der Waals surface area contributed by atoms with Crippen LogP contribution in [0.15, 0.2) is 18.2 Å². The maximum Gasteiger partial charge on any atom is 0.253 e. The molecule has 0 unspecified atom stereocenters. The number of carbonyl (C=O) groups is 1. The number of methoxy groups -OCH3 is 1. The lowest BCUT2D eigenvalue weighted by molar-refractivity contribution is 0.0741. The molecule has 5 nitrogen and oxygen atoms in total. The van der Waals surface area contributed by atoms with E-state index < -0.39 is 0 Å². The van der Waals surface area contributed by atoms with Crippen molar-refractivity contribution >= 4 is 5.91 Å². The minimum Gasteiger partial charge on any atom is -0.495 e. The van der Waals surface area contributed by atoms with Gasteiger partial charge in [0.15, 0.2) is 0 Å². The van der Waals surface area contributed by atoms with Gasteiger partial charge in [0.2, 0.25) is 0 Å². The van der Waals surface area contributed by atoms with Gasteiger partial charge in [0, 0.05) is 25.3 Å². The lowest BCUT2D eigenvalue weighted by atomic mass is 10.1. The Bertz CT molecular complexity index is 552. The summed E-state index contributed by atoms with van der Waals surface area (Å²) in [6.07, 6.45) is 0.863. The standard InChI is InChI=1S/C16H20N2O3/c1-20-15-6-5-14(12-13(15)4-2-7-17)16(19)18-8-3-10-21-11-9-18/h5-6,12H,3,7-11,17H2,1H3. The summed E-state index contributed by atoms with van der Waals surface area (Å²) in [5.74, 6) is 6.37. The van der Waals surface area contributed by atoms with Crippen molar-refractivity contribution in [2.45, 2.75) is 6.42 Å². The van der Waals surface area contributed by atoms with Gasteiger partial charge in [-0.25, -0.2) is 0 Å². The molecule has 112 valence electrons. The van der Waals surface area contributed by atoms with Gasteiger partial charge in [0.25, 0.3) is 5.91 Å². The van der Waals surface area contributed by atoms with Crippen LogP contribution in [-0.4, -0.2) is 50.8 Å². The van der Waals surface area contributed by atoms with Gasteiger partial charge in [-0.1, -0.05) is 11.8 Å². The van der Waals surface area contributed by atoms with Crippen LogP contribution in [0.1, 0.15) is 22.3 Å². The topological polar surface area (TPSA) is 64.8 Å². The van der Waals surface area contributed by atoms with Crippen molar-refractivity contribution in [3.8, 4) is 17.6 Å². The SMILES string of the molecule is COc1ccc(C(=O)N2CCCOCC2)cc1C#CCN. The highest BCUT2D eigenvalue weighted by Crippen LogP contribution is 2.20. The summed E-state index contributed by atoms with van der Waals surface area (Å²) in [6.45, 7) is 2.90. The fourth-order valence-corrected chi connectivity index (χ4v) is 2.22. The molecule has 1 aromatic carbocycles. The third kappa shape index (κ3) is 3.97. The maximum absolute atomic E-state index is 12.5. The summed E-state index contributed by atoms with van der Waals surface area (Å²) >= 11 is 0. The molecule has 1 aliphatic heterocycles. The minimum atomic E-state index is -0.000971. The van der Waals surface area contributed by atoms with Gasteiger partial charge >= 0.3 is 0 Å². The summed E-state index contributed by atoms with van der Waals surface area (Å²) < 4.78 is 10.6. The highest BCUT2D eigenvalue weighted by molar-refractivity contribution is 5.95. The zero-order chi connectivity index (χ0) is 15.1. The van der Waals surface area contributed by atoms with Crippen LogP contribution in [0.4, 0.5) is 0 Å². The fraction of sp³-hybridized carbons (Fsp3) is 0.438. The van der Waals surface area contributed by atoms with Gasteiger partial charge in [0.05, 0.1) is 25.8 Å². The lowest BCUT2D eigenvalue weighted by Crippen LogP contribution is -2.33. The van der Waals surface area contributed by atoms with E-state index in [1.54, 1.807) is 25.3 Å². The second-order valence-corrected chi connectivity index (χ2v) is 4.68. The normalized spacial score (nSPS) is 14.9. The Hall–Kier alpha value is -2.03. The quantitative estimate of drug-likeness (QED) is 0.820. The van der Waals surface area contributed by atoms with Crippen molar-refractivity contribution in [3.63, 3.8) is 0 Å². The molecule has 0 aliphatic carbocycles. The molecule has 1 fully saturated rings. The first-order valence-electron chi connectivity index (χ1n) is 7.00. The van der Waals surface area contributed by atoms with Gasteiger partial charge < -0.3 is 20.1 Å². The van der Waals surface area contributed by atoms with Crippen molar-refractivity contribution in [1.29, 1.82) is 0 Å². The zero-order valence-corrected chi connectivity index (χ0v) is 12.2. The summed E-state index contributed by atoms with van der Waals surface area (Å²) in [5.41, 5.74) is 6.69. The largest absolute Gasteiger partial charge is 0.495 e. The number of benzene rings is 1. The molecule has 1 saturated heterocycles. The number of ether oxygens (including phenoxy) is 2. The first kappa shape index (κ1) is 15.4. The molecule has 1 heterocycles. The Morgan fingerprint density at radius 1 is 1.43 bits per heavy atom. The number of rotatable bonds is 2. The smallest absolute Gasteiger partial charge is 0.253 e. The highest BCUT2D eigenvalue weighted by atomic mass is 16.5. The molecule has 2 N–H and O–H groups in total. The molecule has 0 radical (unpaired) electrons. The van der Waals surface area contributed by atoms with Crippen LogP contribution in [0.25, 0.3) is 0 Å². The predicted molar refractivity (Wildman–Crippen MR) is 80.3 cm³/mol. The molecule has 1 aromatic rings. The van der Waals surface area contributed by atoms with E-state index in [1.165, 1.54) is 0 Å². The average Bonchev–Trinajstić information content (AvgIpc) is 2.81. The maximum atomic E-state index is 12.5. The number of nitrogens with two attached hydrogens (primary N) is 1. The fourth-order valence-electron chi connectivity index (χ4n) is 2.22. The Labute approximate surface area is 125 Å². The van der Waals surface area contributed by atoms with Gasteiger partial charge in [-0.05, 0) is 24.6 Å². The third-order valence-corrected chi connectivity index (χ3v) is 3.28. The van der Waals surface area contributed by atoms with Crippen LogP contribution in [0, 0.1) is 11.8 Å². The van der Waals surface area contributed by atoms with Gasteiger partial charge in [-0.3, -0.25) is 4.79 Å². The molecule has 21 heavy (non-hydrogen) atoms. The van der Waals surface area contributed by atoms with Crippen molar-refractivity contribution in [3.05, 3.63) is 29.3 Å². The Morgan fingerprint density at radius 3 is 3.05 bits per heavy atom. The van der Waals surface area contributed by atoms with Gasteiger partial charge in [0.1, 0.15) is 5.75 Å². The van der Waals surface area contributed by atoms with Crippen molar-refractivity contribution in [1.82, 2.24) is 4.90 Å². The minimum absolute atomic E-state index is 0.000971. The average molecular weight is 288 g/mol. The zero-order valence-electron chi connectivity index (χ0n) is 12.2. The number of nitrogens with zero attached hydrogens (tertiary/aromatic N) is 1. The van der Waals surface area contributed by atoms with Crippen LogP contribution in [0.5, 0.6) is 5.75 Å². The van der Waals surface area contributed by atoms with E-state index in [9.17, 15) is 4.79 Å². The molecular weight excluding hydrogens is 268 g/mol. The Morgan fingerprint density at radius 2 is 2.29 bits per heavy atom. The first-order valence-corrected chi connectivity index (χ1v) is 7.00. The molecule has 5 heteroatoms. The molecule has 0 atom stereocenters. The summed E-state index contributed by atoms with van der Waals surface area (Å²) in [4.78, 5) is 14.3. The molecule has 2 rings (SSSR count). The summed E-state index contributed by atoms with van der Waals surface area (Å²) in [6, 6.07) is 5.29. The lowest BCUT2D eigenvalue weighted by Gasteiger charge is -2.20. The predicted octanol–water partition coefficient (Wildman–Crippen LogP) is 0.868. The number of carbonyl (C=O) groups excluding carboxylic acids is 1. The van der Waals surface area contributed by atoms with Crippen molar-refractivity contribution in [2.24, 2.45) is 5.73 Å². The molecule has 1 amide bonds. The second kappa shape index (κ2) is 7.67. The van der Waals surface area contributed by atoms with Crippen LogP contribution in [0.3, 0.4) is 0 Å². The number of hydrogen-bond acceptors (Lipinski definition) is 4. The third-order valence-electron chi connectivity index (χ3n) is 3.28. The van der Waals surface area contributed by atoms with E-state index in [-0.39, 0.29) is 12.5 Å². The summed E-state index contributed by atoms with van der Waals surface area (Å²) in [5, 5.41) is 0. The Kier molecular flexibility index (Phi) is 5.61. The molecule has 0 spiro atoms. The van der Waals surface area contributed by atoms with Crippen LogP contribution >= 0.6 is 0 Å². The monoisotopic (exact) mass is 288 g/mol. The molecular formula is C16H20N2O3. The van der Waals surface area contributed by atoms with Gasteiger partial charge in [-0.2, -0.15) is 0 Å². The highest BCUT2D eigenvalue weighted by Gasteiger charge is 2.18. The Balaban J connectivity index is 2.24. The van der Waals surface area contributed by atoms with Crippen molar-refractivity contribution in [2.75, 3.05) is 40.0 Å². The second-order valence-electron chi connectivity index (χ2n) is 4.68. The van der Waals surface area contributed by atoms with E-state index in [0.29, 0.717) is 43.2 Å². The van der Waals surface area contributed by atoms with E-state index in [1.807, 2.05) is 4.90 Å². The van der Waals surface area contributed by atoms with Crippen LogP contribution < -0.4 is 10.5 Å². The number of hydrogen-bond donors (Lipinski definition) is 1. The summed E-state index contributed by atoms with van der Waals surface area (Å²) in [7, 11) is 1.58. The van der Waals surface area contributed by atoms with Gasteiger partial charge in [-0.15, -0.1) is 0 Å². The molecule has 0 bridgehead atoms. The van der Waals surface area contributed by atoms with E-state index >= 15 is 0 Å².